The lowest BCUT2D eigenvalue weighted by atomic mass is 10.1. The maximum absolute atomic E-state index is 12.4. The number of H-pyrrole nitrogens is 1. The highest BCUT2D eigenvalue weighted by Gasteiger charge is 2.17. The van der Waals surface area contributed by atoms with Gasteiger partial charge in [0.05, 0.1) is 21.1 Å². The highest BCUT2D eigenvalue weighted by atomic mass is 79.9. The summed E-state index contributed by atoms with van der Waals surface area (Å²) in [6, 6.07) is 9.71. The van der Waals surface area contributed by atoms with Crippen molar-refractivity contribution in [1.82, 2.24) is 9.38 Å². The molecule has 1 aromatic carbocycles. The van der Waals surface area contributed by atoms with E-state index in [1.54, 1.807) is 4.40 Å². The van der Waals surface area contributed by atoms with Crippen molar-refractivity contribution in [3.05, 3.63) is 50.2 Å². The lowest BCUT2D eigenvalue weighted by molar-refractivity contribution is 1.04. The number of imidazole rings is 1. The Balaban J connectivity index is 2.69. The Hall–Kier alpha value is -2.06. The zero-order chi connectivity index (χ0) is 13.6. The van der Waals surface area contributed by atoms with Crippen molar-refractivity contribution in [2.75, 3.05) is 0 Å². The molecule has 0 atom stereocenters. The summed E-state index contributed by atoms with van der Waals surface area (Å²) >= 11 is 3.33. The lowest BCUT2D eigenvalue weighted by Gasteiger charge is -2.05. The molecule has 0 radical (unpaired) electrons. The van der Waals surface area contributed by atoms with E-state index < -0.39 is 0 Å². The van der Waals surface area contributed by atoms with Gasteiger partial charge in [0.2, 0.25) is 0 Å². The van der Waals surface area contributed by atoms with Crippen LogP contribution in [-0.4, -0.2) is 9.38 Å². The third kappa shape index (κ3) is 1.53. The van der Waals surface area contributed by atoms with Crippen molar-refractivity contribution in [2.45, 2.75) is 13.3 Å². The van der Waals surface area contributed by atoms with Crippen LogP contribution >= 0.6 is 15.9 Å². The molecule has 19 heavy (non-hydrogen) atoms. The minimum atomic E-state index is -0.136. The summed E-state index contributed by atoms with van der Waals surface area (Å²) < 4.78 is 2.02. The summed E-state index contributed by atoms with van der Waals surface area (Å²) in [5, 5.41) is 9.38. The number of halogens is 1. The molecule has 0 aliphatic carbocycles. The van der Waals surface area contributed by atoms with Gasteiger partial charge in [0.1, 0.15) is 11.7 Å². The monoisotopic (exact) mass is 315 g/mol. The fourth-order valence-corrected chi connectivity index (χ4v) is 3.05. The Bertz CT molecular complexity index is 899. The summed E-state index contributed by atoms with van der Waals surface area (Å²) in [6.45, 7) is 1.93. The molecule has 0 bridgehead atoms. The summed E-state index contributed by atoms with van der Waals surface area (Å²) in [5.74, 6) is 0. The second-order valence-electron chi connectivity index (χ2n) is 4.26. The zero-order valence-electron chi connectivity index (χ0n) is 10.2. The molecule has 2 aromatic heterocycles. The van der Waals surface area contributed by atoms with Gasteiger partial charge in [0.25, 0.3) is 5.56 Å². The Morgan fingerprint density at radius 3 is 2.84 bits per heavy atom. The van der Waals surface area contributed by atoms with Crippen LogP contribution in [0.15, 0.2) is 33.5 Å². The molecule has 1 N–H and O–H groups in total. The van der Waals surface area contributed by atoms with E-state index in [4.69, 9.17) is 0 Å². The molecule has 0 saturated heterocycles. The maximum Gasteiger partial charge on any atom is 0.271 e. The highest BCUT2D eigenvalue weighted by molar-refractivity contribution is 9.10. The fourth-order valence-electron chi connectivity index (χ4n) is 2.40. The van der Waals surface area contributed by atoms with E-state index >= 15 is 0 Å². The number of pyridine rings is 1. The van der Waals surface area contributed by atoms with Crippen LogP contribution in [0, 0.1) is 11.3 Å². The minimum Gasteiger partial charge on any atom is -0.338 e. The number of rotatable bonds is 1. The number of para-hydroxylation sites is 2. The quantitative estimate of drug-likeness (QED) is 0.750. The number of nitrogens with zero attached hydrogens (tertiary/aromatic N) is 2. The first-order chi connectivity index (χ1) is 9.19. The van der Waals surface area contributed by atoms with E-state index in [9.17, 15) is 10.1 Å². The molecule has 0 fully saturated rings. The van der Waals surface area contributed by atoms with Gasteiger partial charge in [-0.15, -0.1) is 0 Å². The summed E-state index contributed by atoms with van der Waals surface area (Å²) in [6.07, 6.45) is 0.630. The first-order valence-electron chi connectivity index (χ1n) is 5.93. The van der Waals surface area contributed by atoms with E-state index in [0.29, 0.717) is 22.1 Å². The highest BCUT2D eigenvalue weighted by Crippen LogP contribution is 2.24. The average molecular weight is 316 g/mol. The molecule has 2 heterocycles. The third-order valence-corrected chi connectivity index (χ3v) is 4.10. The number of aromatic nitrogens is 2. The average Bonchev–Trinajstić information content (AvgIpc) is 2.81. The molecule has 5 heteroatoms. The summed E-state index contributed by atoms with van der Waals surface area (Å²) in [4.78, 5) is 15.6. The molecule has 4 nitrogen and oxygen atoms in total. The van der Waals surface area contributed by atoms with Crippen LogP contribution in [-0.2, 0) is 6.42 Å². The van der Waals surface area contributed by atoms with Crippen LogP contribution in [0.5, 0.6) is 0 Å². The first-order valence-corrected chi connectivity index (χ1v) is 6.72. The Morgan fingerprint density at radius 2 is 2.16 bits per heavy atom. The number of nitrogens with one attached hydrogen (secondary N) is 1. The first kappa shape index (κ1) is 12.0. The molecule has 0 amide bonds. The summed E-state index contributed by atoms with van der Waals surface area (Å²) in [7, 11) is 0. The predicted octanol–water partition coefficient (Wildman–Crippen LogP) is 2.98. The van der Waals surface area contributed by atoms with E-state index in [1.807, 2.05) is 31.2 Å². The van der Waals surface area contributed by atoms with Gasteiger partial charge in [0, 0.05) is 0 Å². The SMILES string of the molecule is CCc1c(Br)c(=O)n2c([nH]c3ccccc32)c1C#N. The topological polar surface area (TPSA) is 61.1 Å². The minimum absolute atomic E-state index is 0.136. The molecule has 3 aromatic rings. The van der Waals surface area contributed by atoms with Gasteiger partial charge < -0.3 is 4.98 Å². The van der Waals surface area contributed by atoms with E-state index in [0.717, 1.165) is 16.6 Å². The van der Waals surface area contributed by atoms with Crippen molar-refractivity contribution < 1.29 is 0 Å². The number of hydrogen-bond acceptors (Lipinski definition) is 2. The summed E-state index contributed by atoms with van der Waals surface area (Å²) in [5.41, 5.74) is 3.32. The van der Waals surface area contributed by atoms with Crippen molar-refractivity contribution in [1.29, 1.82) is 5.26 Å². The number of hydrogen-bond donors (Lipinski definition) is 1. The van der Waals surface area contributed by atoms with Crippen LogP contribution in [0.3, 0.4) is 0 Å². The smallest absolute Gasteiger partial charge is 0.271 e. The van der Waals surface area contributed by atoms with Gasteiger partial charge in [-0.2, -0.15) is 5.26 Å². The molecule has 0 spiro atoms. The molecule has 0 aliphatic rings. The fraction of sp³-hybridized carbons (Fsp3) is 0.143. The van der Waals surface area contributed by atoms with Gasteiger partial charge in [-0.05, 0) is 40.0 Å². The van der Waals surface area contributed by atoms with E-state index in [-0.39, 0.29) is 5.56 Å². The van der Waals surface area contributed by atoms with Gasteiger partial charge >= 0.3 is 0 Å². The van der Waals surface area contributed by atoms with Crippen molar-refractivity contribution in [2.24, 2.45) is 0 Å². The predicted molar refractivity (Wildman–Crippen MR) is 77.3 cm³/mol. The maximum atomic E-state index is 12.4. The van der Waals surface area contributed by atoms with Crippen molar-refractivity contribution in [3.63, 3.8) is 0 Å². The van der Waals surface area contributed by atoms with E-state index in [1.165, 1.54) is 0 Å². The standard InChI is InChI=1S/C14H10BrN3O/c1-2-8-9(7-16)13-17-10-5-3-4-6-11(10)18(13)14(19)12(8)15/h3-6,17H,2H2,1H3. The van der Waals surface area contributed by atoms with Gasteiger partial charge in [-0.1, -0.05) is 19.1 Å². The number of aromatic amines is 1. The van der Waals surface area contributed by atoms with Crippen molar-refractivity contribution >= 4 is 32.6 Å². The molecular formula is C14H10BrN3O. The Morgan fingerprint density at radius 1 is 1.42 bits per heavy atom. The van der Waals surface area contributed by atoms with Crippen LogP contribution in [0.2, 0.25) is 0 Å². The van der Waals surface area contributed by atoms with Crippen molar-refractivity contribution in [3.8, 4) is 6.07 Å². The number of fused-ring (bicyclic) bond motifs is 3. The zero-order valence-corrected chi connectivity index (χ0v) is 11.8. The van der Waals surface area contributed by atoms with Crippen LogP contribution in [0.4, 0.5) is 0 Å². The largest absolute Gasteiger partial charge is 0.338 e. The van der Waals surface area contributed by atoms with Gasteiger partial charge in [0.15, 0.2) is 0 Å². The second kappa shape index (κ2) is 4.25. The normalized spacial score (nSPS) is 11.0. The van der Waals surface area contributed by atoms with Crippen LogP contribution in [0.1, 0.15) is 18.1 Å². The second-order valence-corrected chi connectivity index (χ2v) is 5.06. The number of nitriles is 1. The van der Waals surface area contributed by atoms with E-state index in [2.05, 4.69) is 27.0 Å². The lowest BCUT2D eigenvalue weighted by Crippen LogP contribution is -2.17. The van der Waals surface area contributed by atoms with Gasteiger partial charge in [-0.3, -0.25) is 9.20 Å². The Kier molecular flexibility index (Phi) is 2.68. The molecule has 0 unspecified atom stereocenters. The molecular weight excluding hydrogens is 306 g/mol. The third-order valence-electron chi connectivity index (χ3n) is 3.28. The van der Waals surface area contributed by atoms with Gasteiger partial charge in [-0.25, -0.2) is 0 Å². The Labute approximate surface area is 117 Å². The molecule has 94 valence electrons. The molecule has 3 rings (SSSR count). The number of benzene rings is 1. The molecule has 0 aliphatic heterocycles. The van der Waals surface area contributed by atoms with Crippen LogP contribution < -0.4 is 5.56 Å². The molecule has 0 saturated carbocycles. The van der Waals surface area contributed by atoms with Crippen LogP contribution in [0.25, 0.3) is 16.7 Å².